The highest BCUT2D eigenvalue weighted by atomic mass is 16.6. The normalized spacial score (nSPS) is 20.1. The van der Waals surface area contributed by atoms with E-state index in [0.717, 1.165) is 19.3 Å². The van der Waals surface area contributed by atoms with Gasteiger partial charge in [0.15, 0.2) is 0 Å². The van der Waals surface area contributed by atoms with Gasteiger partial charge in [-0.05, 0) is 68.2 Å². The fourth-order valence-electron chi connectivity index (χ4n) is 3.17. The summed E-state index contributed by atoms with van der Waals surface area (Å²) in [7, 11) is 7.85. The molecule has 2 radical (unpaired) electrons. The molecule has 0 aliphatic heterocycles. The molecule has 6 heteroatoms. The molecule has 0 saturated heterocycles. The van der Waals surface area contributed by atoms with Crippen LogP contribution in [0, 0.1) is 0 Å². The molecule has 5 nitrogen and oxygen atoms in total. The molecule has 5 unspecified atom stereocenters. The lowest BCUT2D eigenvalue weighted by Gasteiger charge is -2.39. The van der Waals surface area contributed by atoms with E-state index in [0.29, 0.717) is 13.2 Å². The van der Waals surface area contributed by atoms with E-state index in [1.807, 2.05) is 55.4 Å². The second kappa shape index (κ2) is 12.7. The summed E-state index contributed by atoms with van der Waals surface area (Å²) < 4.78 is 30.1. The van der Waals surface area contributed by atoms with Crippen LogP contribution in [0.2, 0.25) is 0 Å². The Morgan fingerprint density at radius 2 is 1.45 bits per heavy atom. The summed E-state index contributed by atoms with van der Waals surface area (Å²) in [6.07, 6.45) is 2.27. The van der Waals surface area contributed by atoms with Crippen LogP contribution in [0.15, 0.2) is 0 Å². The Morgan fingerprint density at radius 1 is 0.862 bits per heavy atom. The van der Waals surface area contributed by atoms with E-state index >= 15 is 0 Å². The molecule has 0 spiro atoms. The minimum absolute atomic E-state index is 0.0186. The summed E-state index contributed by atoms with van der Waals surface area (Å²) in [4.78, 5) is 0. The lowest BCUT2D eigenvalue weighted by Crippen LogP contribution is -2.45. The lowest BCUT2D eigenvalue weighted by molar-refractivity contribution is -0.189. The third-order valence-corrected chi connectivity index (χ3v) is 5.54. The average molecular weight is 414 g/mol. The van der Waals surface area contributed by atoms with Gasteiger partial charge in [0.05, 0.1) is 42.7 Å². The summed E-state index contributed by atoms with van der Waals surface area (Å²) in [5.41, 5.74) is -1.42. The Kier molecular flexibility index (Phi) is 12.6. The van der Waals surface area contributed by atoms with Crippen molar-refractivity contribution in [2.45, 2.75) is 130 Å². The van der Waals surface area contributed by atoms with Crippen molar-refractivity contribution < 1.29 is 23.7 Å². The van der Waals surface area contributed by atoms with Gasteiger partial charge in [-0.2, -0.15) is 0 Å². The van der Waals surface area contributed by atoms with E-state index in [4.69, 9.17) is 31.5 Å². The van der Waals surface area contributed by atoms with Crippen LogP contribution in [0.3, 0.4) is 0 Å². The van der Waals surface area contributed by atoms with Crippen molar-refractivity contribution in [3.63, 3.8) is 0 Å². The van der Waals surface area contributed by atoms with Gasteiger partial charge in [-0.3, -0.25) is 0 Å². The van der Waals surface area contributed by atoms with Crippen LogP contribution in [-0.4, -0.2) is 69.3 Å². The predicted octanol–water partition coefficient (Wildman–Crippen LogP) is 4.89. The molecule has 5 atom stereocenters. The van der Waals surface area contributed by atoms with E-state index in [9.17, 15) is 0 Å². The first-order chi connectivity index (χ1) is 13.2. The molecule has 0 aromatic heterocycles. The van der Waals surface area contributed by atoms with Crippen LogP contribution < -0.4 is 0 Å². The number of hydrogen-bond donors (Lipinski definition) is 0. The Bertz CT molecular complexity index is 441. The maximum Gasteiger partial charge on any atom is 0.113 e. The maximum atomic E-state index is 6.49. The van der Waals surface area contributed by atoms with E-state index in [2.05, 4.69) is 13.8 Å². The standard InChI is InChI=1S/C23H47BO5/c1-12-22(9,14-18(5)28-23(10,24)13-2)29-20(15-25-11)16-26-21(7,8)19(6)27-17(3)4/h17-20H,12-16H2,1-11H3. The van der Waals surface area contributed by atoms with Crippen LogP contribution in [0.5, 0.6) is 0 Å². The lowest BCUT2D eigenvalue weighted by atomic mass is 9.80. The third kappa shape index (κ3) is 11.7. The first kappa shape index (κ1) is 28.9. The van der Waals surface area contributed by atoms with Gasteiger partial charge in [0.25, 0.3) is 0 Å². The van der Waals surface area contributed by atoms with Crippen LogP contribution >= 0.6 is 0 Å². The van der Waals surface area contributed by atoms with Crippen LogP contribution in [0.25, 0.3) is 0 Å². The van der Waals surface area contributed by atoms with E-state index in [-0.39, 0.29) is 30.0 Å². The van der Waals surface area contributed by atoms with Crippen molar-refractivity contribution in [3.05, 3.63) is 0 Å². The molecule has 0 aromatic carbocycles. The first-order valence-electron chi connectivity index (χ1n) is 11.1. The quantitative estimate of drug-likeness (QED) is 0.337. The summed E-state index contributed by atoms with van der Waals surface area (Å²) >= 11 is 0. The molecule has 29 heavy (non-hydrogen) atoms. The minimum Gasteiger partial charge on any atom is -0.382 e. The zero-order valence-electron chi connectivity index (χ0n) is 21.0. The second-order valence-electron chi connectivity index (χ2n) is 9.54. The molecule has 0 amide bonds. The third-order valence-electron chi connectivity index (χ3n) is 5.54. The predicted molar refractivity (Wildman–Crippen MR) is 121 cm³/mol. The number of ether oxygens (including phenoxy) is 5. The van der Waals surface area contributed by atoms with Crippen molar-refractivity contribution in [3.8, 4) is 0 Å². The Balaban J connectivity index is 4.99. The fourth-order valence-corrected chi connectivity index (χ4v) is 3.17. The molecule has 0 saturated carbocycles. The monoisotopic (exact) mass is 414 g/mol. The first-order valence-corrected chi connectivity index (χ1v) is 11.1. The molecule has 0 aliphatic carbocycles. The van der Waals surface area contributed by atoms with Gasteiger partial charge in [-0.1, -0.05) is 13.8 Å². The van der Waals surface area contributed by atoms with Crippen molar-refractivity contribution in [2.24, 2.45) is 0 Å². The van der Waals surface area contributed by atoms with Gasteiger partial charge < -0.3 is 23.7 Å². The fraction of sp³-hybridized carbons (Fsp3) is 1.00. The number of rotatable bonds is 16. The molecular weight excluding hydrogens is 367 g/mol. The van der Waals surface area contributed by atoms with E-state index in [1.54, 1.807) is 7.11 Å². The van der Waals surface area contributed by atoms with Gasteiger partial charge in [-0.25, -0.2) is 0 Å². The van der Waals surface area contributed by atoms with Crippen molar-refractivity contribution in [1.82, 2.24) is 0 Å². The Morgan fingerprint density at radius 3 is 1.90 bits per heavy atom. The van der Waals surface area contributed by atoms with Crippen molar-refractivity contribution in [1.29, 1.82) is 0 Å². The Hall–Kier alpha value is -0.135. The highest BCUT2D eigenvalue weighted by molar-refractivity contribution is 6.14. The molecular formula is C23H47BO5. The van der Waals surface area contributed by atoms with Gasteiger partial charge >= 0.3 is 0 Å². The zero-order valence-corrected chi connectivity index (χ0v) is 21.0. The average Bonchev–Trinajstić information content (AvgIpc) is 2.58. The van der Waals surface area contributed by atoms with Crippen molar-refractivity contribution >= 4 is 7.85 Å². The van der Waals surface area contributed by atoms with Crippen LogP contribution in [-0.2, 0) is 23.7 Å². The van der Waals surface area contributed by atoms with Crippen LogP contribution in [0.4, 0.5) is 0 Å². The molecule has 0 aromatic rings. The molecule has 0 fully saturated rings. The van der Waals surface area contributed by atoms with E-state index in [1.165, 1.54) is 0 Å². The van der Waals surface area contributed by atoms with Crippen LogP contribution in [0.1, 0.15) is 88.5 Å². The summed E-state index contributed by atoms with van der Waals surface area (Å²) in [5.74, 6) is 0. The topological polar surface area (TPSA) is 46.2 Å². The minimum atomic E-state index is -0.625. The summed E-state index contributed by atoms with van der Waals surface area (Å²) in [5, 5.41) is 0. The maximum absolute atomic E-state index is 6.49. The van der Waals surface area contributed by atoms with E-state index < -0.39 is 11.1 Å². The van der Waals surface area contributed by atoms with Crippen molar-refractivity contribution in [2.75, 3.05) is 20.3 Å². The second-order valence-corrected chi connectivity index (χ2v) is 9.54. The van der Waals surface area contributed by atoms with Gasteiger partial charge in [0.2, 0.25) is 0 Å². The largest absolute Gasteiger partial charge is 0.382 e. The SMILES string of the molecule is [B]C(C)(CC)OC(C)CC(C)(CC)OC(COC)COC(C)(C)C(C)OC(C)C. The molecule has 0 rings (SSSR count). The summed E-state index contributed by atoms with van der Waals surface area (Å²) in [6, 6.07) is 0. The highest BCUT2D eigenvalue weighted by Gasteiger charge is 2.34. The smallest absolute Gasteiger partial charge is 0.113 e. The number of methoxy groups -OCH3 is 1. The summed E-state index contributed by atoms with van der Waals surface area (Å²) in [6.45, 7) is 21.3. The molecule has 0 heterocycles. The molecule has 0 aliphatic rings. The Labute approximate surface area is 181 Å². The molecule has 172 valence electrons. The zero-order chi connectivity index (χ0) is 22.9. The highest BCUT2D eigenvalue weighted by Crippen LogP contribution is 2.28. The molecule has 0 N–H and O–H groups in total. The van der Waals surface area contributed by atoms with Gasteiger partial charge in [0, 0.05) is 19.0 Å². The van der Waals surface area contributed by atoms with Gasteiger partial charge in [0.1, 0.15) is 14.0 Å². The number of hydrogen-bond acceptors (Lipinski definition) is 5. The molecule has 0 bridgehead atoms. The van der Waals surface area contributed by atoms with Gasteiger partial charge in [-0.15, -0.1) is 0 Å².